The van der Waals surface area contributed by atoms with Gasteiger partial charge >= 0.3 is 0 Å². The fourth-order valence-electron chi connectivity index (χ4n) is 1.97. The maximum atomic E-state index is 12.6. The van der Waals surface area contributed by atoms with Gasteiger partial charge in [-0.1, -0.05) is 30.3 Å². The van der Waals surface area contributed by atoms with Crippen molar-refractivity contribution >= 4 is 17.5 Å². The first-order valence-corrected chi connectivity index (χ1v) is 7.11. The Labute approximate surface area is 112 Å². The van der Waals surface area contributed by atoms with E-state index < -0.39 is 0 Å². The van der Waals surface area contributed by atoms with Crippen LogP contribution in [0.1, 0.15) is 27.0 Å². The van der Waals surface area contributed by atoms with Crippen molar-refractivity contribution in [3.8, 4) is 0 Å². The number of carbonyl (C=O) groups is 1. The average Bonchev–Trinajstić information content (AvgIpc) is 2.41. The molecule has 0 unspecified atom stereocenters. The van der Waals surface area contributed by atoms with E-state index in [1.807, 2.05) is 62.6 Å². The second-order valence-electron chi connectivity index (χ2n) is 4.28. The molecule has 0 amide bonds. The van der Waals surface area contributed by atoms with E-state index in [0.717, 1.165) is 27.1 Å². The van der Waals surface area contributed by atoms with Crippen molar-refractivity contribution in [1.29, 1.82) is 0 Å². The maximum absolute atomic E-state index is 12.6. The predicted molar refractivity (Wildman–Crippen MR) is 77.6 cm³/mol. The molecule has 0 saturated heterocycles. The summed E-state index contributed by atoms with van der Waals surface area (Å²) in [6.07, 6.45) is 2.00. The second kappa shape index (κ2) is 5.40. The third-order valence-electron chi connectivity index (χ3n) is 3.20. The first-order chi connectivity index (χ1) is 8.65. The number of hydrogen-bond acceptors (Lipinski definition) is 2. The highest BCUT2D eigenvalue weighted by Crippen LogP contribution is 2.24. The van der Waals surface area contributed by atoms with Gasteiger partial charge in [0.25, 0.3) is 0 Å². The summed E-state index contributed by atoms with van der Waals surface area (Å²) >= 11 is 1.61. The highest BCUT2D eigenvalue weighted by molar-refractivity contribution is 7.98. The van der Waals surface area contributed by atoms with Gasteiger partial charge in [0.2, 0.25) is 0 Å². The van der Waals surface area contributed by atoms with Gasteiger partial charge in [0.15, 0.2) is 5.78 Å². The van der Waals surface area contributed by atoms with Crippen LogP contribution in [0.15, 0.2) is 47.4 Å². The summed E-state index contributed by atoms with van der Waals surface area (Å²) < 4.78 is 0. The molecule has 0 aliphatic carbocycles. The zero-order valence-corrected chi connectivity index (χ0v) is 11.7. The monoisotopic (exact) mass is 256 g/mol. The number of ketones is 1. The molecule has 0 aromatic heterocycles. The van der Waals surface area contributed by atoms with Crippen molar-refractivity contribution in [3.63, 3.8) is 0 Å². The smallest absolute Gasteiger partial charge is 0.194 e. The number of hydrogen-bond donors (Lipinski definition) is 0. The molecule has 0 fully saturated rings. The molecule has 0 spiro atoms. The summed E-state index contributed by atoms with van der Waals surface area (Å²) in [6.45, 7) is 4.04. The van der Waals surface area contributed by atoms with Crippen molar-refractivity contribution in [2.24, 2.45) is 0 Å². The van der Waals surface area contributed by atoms with Gasteiger partial charge < -0.3 is 0 Å². The third kappa shape index (κ3) is 2.34. The Kier molecular flexibility index (Phi) is 3.87. The molecule has 0 bridgehead atoms. The van der Waals surface area contributed by atoms with Crippen molar-refractivity contribution in [3.05, 3.63) is 64.7 Å². The van der Waals surface area contributed by atoms with E-state index in [2.05, 4.69) is 0 Å². The Hall–Kier alpha value is -1.54. The van der Waals surface area contributed by atoms with Gasteiger partial charge in [-0.3, -0.25) is 4.79 Å². The van der Waals surface area contributed by atoms with Crippen LogP contribution in [0.4, 0.5) is 0 Å². The van der Waals surface area contributed by atoms with Gasteiger partial charge in [0.05, 0.1) is 0 Å². The number of thioether (sulfide) groups is 1. The summed E-state index contributed by atoms with van der Waals surface area (Å²) in [6, 6.07) is 13.6. The van der Waals surface area contributed by atoms with Crippen LogP contribution < -0.4 is 0 Å². The zero-order valence-electron chi connectivity index (χ0n) is 10.9. The molecule has 2 aromatic rings. The van der Waals surface area contributed by atoms with Crippen LogP contribution in [0.25, 0.3) is 0 Å². The summed E-state index contributed by atoms with van der Waals surface area (Å²) in [7, 11) is 0. The van der Waals surface area contributed by atoms with E-state index in [1.54, 1.807) is 11.8 Å². The molecule has 0 N–H and O–H groups in total. The first kappa shape index (κ1) is 12.9. The highest BCUT2D eigenvalue weighted by Gasteiger charge is 2.15. The molecule has 0 aliphatic rings. The Morgan fingerprint density at radius 3 is 2.33 bits per heavy atom. The number of benzene rings is 2. The lowest BCUT2D eigenvalue weighted by Gasteiger charge is -2.10. The van der Waals surface area contributed by atoms with E-state index in [0.29, 0.717) is 0 Å². The normalized spacial score (nSPS) is 10.4. The fourth-order valence-corrected chi connectivity index (χ4v) is 2.57. The van der Waals surface area contributed by atoms with Crippen molar-refractivity contribution in [2.45, 2.75) is 18.7 Å². The topological polar surface area (TPSA) is 17.1 Å². The predicted octanol–water partition coefficient (Wildman–Crippen LogP) is 4.26. The van der Waals surface area contributed by atoms with Crippen LogP contribution >= 0.6 is 11.8 Å². The molecule has 0 radical (unpaired) electrons. The molecule has 2 aromatic carbocycles. The van der Waals surface area contributed by atoms with Gasteiger partial charge in [0.1, 0.15) is 0 Å². The summed E-state index contributed by atoms with van der Waals surface area (Å²) in [5.74, 6) is 0.112. The number of rotatable bonds is 3. The van der Waals surface area contributed by atoms with E-state index in [-0.39, 0.29) is 5.78 Å². The van der Waals surface area contributed by atoms with E-state index >= 15 is 0 Å². The molecular weight excluding hydrogens is 240 g/mol. The highest BCUT2D eigenvalue weighted by atomic mass is 32.2. The van der Waals surface area contributed by atoms with Crippen LogP contribution in [-0.2, 0) is 0 Å². The standard InChI is InChI=1S/C16H16OS/c1-11-7-6-9-13(12(11)2)16(17)14-8-4-5-10-15(14)18-3/h4-10H,1-3H3. The van der Waals surface area contributed by atoms with Gasteiger partial charge in [0, 0.05) is 16.0 Å². The Morgan fingerprint density at radius 1 is 0.944 bits per heavy atom. The molecule has 0 aliphatic heterocycles. The molecule has 0 saturated carbocycles. The van der Waals surface area contributed by atoms with E-state index in [4.69, 9.17) is 0 Å². The molecule has 0 heterocycles. The SMILES string of the molecule is CSc1ccccc1C(=O)c1cccc(C)c1C. The lowest BCUT2D eigenvalue weighted by molar-refractivity contribution is 0.103. The van der Waals surface area contributed by atoms with Crippen LogP contribution in [-0.4, -0.2) is 12.0 Å². The number of aryl methyl sites for hydroxylation is 1. The fraction of sp³-hybridized carbons (Fsp3) is 0.188. The Balaban J connectivity index is 2.52. The number of carbonyl (C=O) groups excluding carboxylic acids is 1. The molecule has 2 heteroatoms. The quantitative estimate of drug-likeness (QED) is 0.603. The molecule has 18 heavy (non-hydrogen) atoms. The minimum absolute atomic E-state index is 0.112. The van der Waals surface area contributed by atoms with Gasteiger partial charge in [-0.25, -0.2) is 0 Å². The molecule has 2 rings (SSSR count). The second-order valence-corrected chi connectivity index (χ2v) is 5.12. The van der Waals surface area contributed by atoms with Gasteiger partial charge in [-0.2, -0.15) is 0 Å². The lowest BCUT2D eigenvalue weighted by Crippen LogP contribution is -2.06. The molecule has 1 nitrogen and oxygen atoms in total. The minimum Gasteiger partial charge on any atom is -0.289 e. The van der Waals surface area contributed by atoms with E-state index in [1.165, 1.54) is 0 Å². The van der Waals surface area contributed by atoms with Crippen LogP contribution in [0.5, 0.6) is 0 Å². The van der Waals surface area contributed by atoms with Crippen molar-refractivity contribution in [1.82, 2.24) is 0 Å². The molecule has 92 valence electrons. The average molecular weight is 256 g/mol. The lowest BCUT2D eigenvalue weighted by atomic mass is 9.96. The molecule has 0 atom stereocenters. The third-order valence-corrected chi connectivity index (χ3v) is 4.00. The summed E-state index contributed by atoms with van der Waals surface area (Å²) in [5.41, 5.74) is 3.82. The first-order valence-electron chi connectivity index (χ1n) is 5.89. The van der Waals surface area contributed by atoms with Gasteiger partial charge in [-0.05, 0) is 43.4 Å². The Morgan fingerprint density at radius 2 is 1.61 bits per heavy atom. The van der Waals surface area contributed by atoms with Gasteiger partial charge in [-0.15, -0.1) is 11.8 Å². The zero-order chi connectivity index (χ0) is 13.1. The summed E-state index contributed by atoms with van der Waals surface area (Å²) in [4.78, 5) is 13.6. The van der Waals surface area contributed by atoms with E-state index in [9.17, 15) is 4.79 Å². The maximum Gasteiger partial charge on any atom is 0.194 e. The van der Waals surface area contributed by atoms with Crippen molar-refractivity contribution < 1.29 is 4.79 Å². The largest absolute Gasteiger partial charge is 0.289 e. The molecular formula is C16H16OS. The van der Waals surface area contributed by atoms with Crippen LogP contribution in [0.3, 0.4) is 0 Å². The Bertz CT molecular complexity index is 587. The van der Waals surface area contributed by atoms with Crippen LogP contribution in [0, 0.1) is 13.8 Å². The van der Waals surface area contributed by atoms with Crippen molar-refractivity contribution in [2.75, 3.05) is 6.26 Å². The van der Waals surface area contributed by atoms with Crippen LogP contribution in [0.2, 0.25) is 0 Å². The summed E-state index contributed by atoms with van der Waals surface area (Å²) in [5, 5.41) is 0. The minimum atomic E-state index is 0.112.